The van der Waals surface area contributed by atoms with Crippen LogP contribution < -0.4 is 5.73 Å². The van der Waals surface area contributed by atoms with Crippen LogP contribution in [0.25, 0.3) is 0 Å². The average molecular weight is 262 g/mol. The molecule has 0 fully saturated rings. The smallest absolute Gasteiger partial charge is 0.157 e. The van der Waals surface area contributed by atoms with Crippen molar-refractivity contribution in [3.05, 3.63) is 36.3 Å². The minimum absolute atomic E-state index is 0.372. The molecule has 18 heavy (non-hydrogen) atoms. The second kappa shape index (κ2) is 6.32. The van der Waals surface area contributed by atoms with E-state index in [9.17, 15) is 0 Å². The van der Waals surface area contributed by atoms with Crippen molar-refractivity contribution in [2.45, 2.75) is 23.6 Å². The minimum Gasteiger partial charge on any atom is -0.384 e. The van der Waals surface area contributed by atoms with Crippen LogP contribution in [-0.4, -0.2) is 21.6 Å². The second-order valence-corrected chi connectivity index (χ2v) is 4.50. The van der Waals surface area contributed by atoms with Crippen molar-refractivity contribution < 1.29 is 4.74 Å². The van der Waals surface area contributed by atoms with Gasteiger partial charge in [-0.25, -0.2) is 15.0 Å². The maximum Gasteiger partial charge on any atom is 0.157 e. The highest BCUT2D eigenvalue weighted by Gasteiger charge is 2.05. The maximum atomic E-state index is 5.74. The molecule has 0 saturated heterocycles. The van der Waals surface area contributed by atoms with E-state index in [0.29, 0.717) is 24.9 Å². The molecule has 2 aromatic heterocycles. The summed E-state index contributed by atoms with van der Waals surface area (Å²) in [4.78, 5) is 12.7. The predicted molar refractivity (Wildman–Crippen MR) is 70.1 cm³/mol. The highest BCUT2D eigenvalue weighted by molar-refractivity contribution is 7.99. The molecule has 0 amide bonds. The van der Waals surface area contributed by atoms with Crippen molar-refractivity contribution in [1.82, 2.24) is 15.0 Å². The van der Waals surface area contributed by atoms with Gasteiger partial charge in [0.25, 0.3) is 0 Å². The van der Waals surface area contributed by atoms with Crippen LogP contribution in [0, 0.1) is 0 Å². The summed E-state index contributed by atoms with van der Waals surface area (Å²) in [6.07, 6.45) is 1.74. The first-order valence-electron chi connectivity index (χ1n) is 5.58. The van der Waals surface area contributed by atoms with E-state index in [1.807, 2.05) is 25.1 Å². The molecule has 0 unspecified atom stereocenters. The first-order chi connectivity index (χ1) is 8.78. The molecule has 0 radical (unpaired) electrons. The van der Waals surface area contributed by atoms with Crippen molar-refractivity contribution in [3.8, 4) is 0 Å². The van der Waals surface area contributed by atoms with Gasteiger partial charge in [-0.05, 0) is 30.8 Å². The molecule has 0 bridgehead atoms. The fourth-order valence-corrected chi connectivity index (χ4v) is 2.12. The highest BCUT2D eigenvalue weighted by Crippen LogP contribution is 2.24. The molecule has 0 saturated carbocycles. The Morgan fingerprint density at radius 2 is 2.17 bits per heavy atom. The van der Waals surface area contributed by atoms with E-state index in [1.165, 1.54) is 11.8 Å². The van der Waals surface area contributed by atoms with Crippen LogP contribution >= 0.6 is 11.8 Å². The molecule has 6 heteroatoms. The molecule has 2 N–H and O–H groups in total. The van der Waals surface area contributed by atoms with Gasteiger partial charge in [0, 0.05) is 18.9 Å². The largest absolute Gasteiger partial charge is 0.384 e. The zero-order valence-electron chi connectivity index (χ0n) is 10.0. The van der Waals surface area contributed by atoms with Gasteiger partial charge in [0.2, 0.25) is 0 Å². The predicted octanol–water partition coefficient (Wildman–Crippen LogP) is 2.14. The van der Waals surface area contributed by atoms with Crippen molar-refractivity contribution in [2.75, 3.05) is 12.3 Å². The Kier molecular flexibility index (Phi) is 4.49. The van der Waals surface area contributed by atoms with E-state index in [4.69, 9.17) is 10.5 Å². The lowest BCUT2D eigenvalue weighted by Crippen LogP contribution is -2.03. The van der Waals surface area contributed by atoms with Gasteiger partial charge in [0.05, 0.1) is 0 Å². The van der Waals surface area contributed by atoms with Gasteiger partial charge < -0.3 is 10.5 Å². The molecular weight excluding hydrogens is 248 g/mol. The Labute approximate surface area is 110 Å². The molecule has 0 spiro atoms. The van der Waals surface area contributed by atoms with Crippen LogP contribution in [0.2, 0.25) is 0 Å². The Bertz CT molecular complexity index is 507. The van der Waals surface area contributed by atoms with E-state index in [-0.39, 0.29) is 0 Å². The number of nitrogens with two attached hydrogens (primary N) is 1. The van der Waals surface area contributed by atoms with E-state index in [2.05, 4.69) is 15.0 Å². The summed E-state index contributed by atoms with van der Waals surface area (Å²) in [6, 6.07) is 7.46. The highest BCUT2D eigenvalue weighted by atomic mass is 32.2. The molecule has 0 aliphatic heterocycles. The standard InChI is InChI=1S/C12H14N4OS/c1-2-17-8-10-15-9(13)7-12(16-10)18-11-5-3-4-6-14-11/h3-7H,2,8H2,1H3,(H2,13,15,16). The molecule has 0 aliphatic rings. The maximum absolute atomic E-state index is 5.74. The fourth-order valence-electron chi connectivity index (χ4n) is 1.32. The van der Waals surface area contributed by atoms with E-state index in [0.717, 1.165) is 10.1 Å². The monoisotopic (exact) mass is 262 g/mol. The van der Waals surface area contributed by atoms with Gasteiger partial charge in [-0.15, -0.1) is 0 Å². The lowest BCUT2D eigenvalue weighted by atomic mass is 10.5. The zero-order valence-corrected chi connectivity index (χ0v) is 10.9. The summed E-state index contributed by atoms with van der Waals surface area (Å²) in [5.41, 5.74) is 5.74. The van der Waals surface area contributed by atoms with Gasteiger partial charge in [-0.1, -0.05) is 6.07 Å². The number of aromatic nitrogens is 3. The van der Waals surface area contributed by atoms with Crippen LogP contribution in [-0.2, 0) is 11.3 Å². The molecule has 2 rings (SSSR count). The minimum atomic E-state index is 0.372. The van der Waals surface area contributed by atoms with Gasteiger partial charge in [-0.3, -0.25) is 0 Å². The second-order valence-electron chi connectivity index (χ2n) is 3.45. The zero-order chi connectivity index (χ0) is 12.8. The fraction of sp³-hybridized carbons (Fsp3) is 0.250. The summed E-state index contributed by atoms with van der Waals surface area (Å²) < 4.78 is 5.27. The number of pyridine rings is 1. The molecule has 0 aliphatic carbocycles. The molecule has 2 aromatic rings. The Morgan fingerprint density at radius 3 is 2.89 bits per heavy atom. The van der Waals surface area contributed by atoms with Crippen LogP contribution in [0.5, 0.6) is 0 Å². The molecule has 0 atom stereocenters. The first kappa shape index (κ1) is 12.8. The third-order valence-corrected chi connectivity index (χ3v) is 2.92. The van der Waals surface area contributed by atoms with E-state index in [1.54, 1.807) is 12.3 Å². The normalized spacial score (nSPS) is 10.5. The van der Waals surface area contributed by atoms with Crippen molar-refractivity contribution in [2.24, 2.45) is 0 Å². The number of rotatable bonds is 5. The quantitative estimate of drug-likeness (QED) is 0.832. The summed E-state index contributed by atoms with van der Waals surface area (Å²) in [6.45, 7) is 2.92. The number of nitrogen functional groups attached to an aromatic ring is 1. The van der Waals surface area contributed by atoms with Crippen molar-refractivity contribution in [3.63, 3.8) is 0 Å². The summed E-state index contributed by atoms with van der Waals surface area (Å²) >= 11 is 1.45. The number of hydrogen-bond acceptors (Lipinski definition) is 6. The first-order valence-corrected chi connectivity index (χ1v) is 6.39. The van der Waals surface area contributed by atoms with Gasteiger partial charge in [0.15, 0.2) is 5.82 Å². The molecule has 2 heterocycles. The van der Waals surface area contributed by atoms with E-state index >= 15 is 0 Å². The summed E-state index contributed by atoms with van der Waals surface area (Å²) in [7, 11) is 0. The lowest BCUT2D eigenvalue weighted by Gasteiger charge is -2.05. The molecular formula is C12H14N4OS. The summed E-state index contributed by atoms with van der Waals surface area (Å²) in [5, 5.41) is 1.65. The molecule has 0 aromatic carbocycles. The van der Waals surface area contributed by atoms with Gasteiger partial charge in [-0.2, -0.15) is 0 Å². The van der Waals surface area contributed by atoms with Crippen LogP contribution in [0.4, 0.5) is 5.82 Å². The number of anilines is 1. The molecule has 94 valence electrons. The summed E-state index contributed by atoms with van der Waals surface area (Å²) in [5.74, 6) is 1.04. The number of ether oxygens (including phenoxy) is 1. The van der Waals surface area contributed by atoms with Crippen molar-refractivity contribution >= 4 is 17.6 Å². The van der Waals surface area contributed by atoms with Gasteiger partial charge >= 0.3 is 0 Å². The van der Waals surface area contributed by atoms with Crippen LogP contribution in [0.3, 0.4) is 0 Å². The SMILES string of the molecule is CCOCc1nc(N)cc(Sc2ccccn2)n1. The Morgan fingerprint density at radius 1 is 1.28 bits per heavy atom. The molecule has 5 nitrogen and oxygen atoms in total. The Hall–Kier alpha value is -1.66. The topological polar surface area (TPSA) is 73.9 Å². The van der Waals surface area contributed by atoms with E-state index < -0.39 is 0 Å². The van der Waals surface area contributed by atoms with Crippen LogP contribution in [0.15, 0.2) is 40.5 Å². The van der Waals surface area contributed by atoms with Crippen molar-refractivity contribution in [1.29, 1.82) is 0 Å². The number of nitrogens with zero attached hydrogens (tertiary/aromatic N) is 3. The third-order valence-electron chi connectivity index (χ3n) is 2.05. The lowest BCUT2D eigenvalue weighted by molar-refractivity contribution is 0.128. The number of hydrogen-bond donors (Lipinski definition) is 1. The third kappa shape index (κ3) is 3.68. The Balaban J connectivity index is 2.15. The average Bonchev–Trinajstić information content (AvgIpc) is 2.37. The van der Waals surface area contributed by atoms with Crippen LogP contribution in [0.1, 0.15) is 12.7 Å². The van der Waals surface area contributed by atoms with Gasteiger partial charge in [0.1, 0.15) is 22.5 Å².